The van der Waals surface area contributed by atoms with E-state index >= 15 is 0 Å². The van der Waals surface area contributed by atoms with Gasteiger partial charge in [-0.15, -0.1) is 24.0 Å². The summed E-state index contributed by atoms with van der Waals surface area (Å²) in [6, 6.07) is 7.74. The zero-order chi connectivity index (χ0) is 19.4. The molecule has 27 heavy (non-hydrogen) atoms. The zero-order valence-corrected chi connectivity index (χ0v) is 18.0. The normalized spacial score (nSPS) is 17.4. The number of anilines is 1. The second-order valence-electron chi connectivity index (χ2n) is 6.19. The molecule has 0 amide bonds. The molecule has 1 aliphatic heterocycles. The maximum atomic E-state index is 12.5. The van der Waals surface area contributed by atoms with Crippen LogP contribution < -0.4 is 11.1 Å². The second-order valence-corrected chi connectivity index (χ2v) is 8.12. The summed E-state index contributed by atoms with van der Waals surface area (Å²) in [7, 11) is -5.24. The summed E-state index contributed by atoms with van der Waals surface area (Å²) in [4.78, 5) is 4.21. The number of aryl methyl sites for hydroxylation is 1. The van der Waals surface area contributed by atoms with Gasteiger partial charge in [-0.25, -0.2) is 8.42 Å². The summed E-state index contributed by atoms with van der Waals surface area (Å²) in [6.07, 6.45) is 1.57. The summed E-state index contributed by atoms with van der Waals surface area (Å²) in [6.45, 7) is 2.08. The number of alkyl halides is 3. The van der Waals surface area contributed by atoms with Crippen LogP contribution in [0, 0.1) is 5.92 Å². The molecule has 0 bridgehead atoms. The number of nitrogens with one attached hydrogen (secondary N) is 1. The lowest BCUT2D eigenvalue weighted by Crippen LogP contribution is -2.45. The van der Waals surface area contributed by atoms with Crippen molar-refractivity contribution in [2.24, 2.45) is 16.6 Å². The van der Waals surface area contributed by atoms with Crippen LogP contribution in [0.4, 0.5) is 18.9 Å². The van der Waals surface area contributed by atoms with E-state index in [1.54, 1.807) is 0 Å². The van der Waals surface area contributed by atoms with Crippen molar-refractivity contribution in [3.63, 3.8) is 0 Å². The lowest BCUT2D eigenvalue weighted by molar-refractivity contribution is -0.0496. The number of nitrogens with zero attached hydrogens (tertiary/aromatic N) is 2. The Bertz CT molecular complexity index is 731. The number of benzene rings is 1. The first kappa shape index (κ1) is 24.0. The molecule has 11 heteroatoms. The number of rotatable bonds is 5. The second kappa shape index (κ2) is 9.92. The number of nitrogens with two attached hydrogens (primary N) is 1. The van der Waals surface area contributed by atoms with Crippen LogP contribution in [0.25, 0.3) is 0 Å². The lowest BCUT2D eigenvalue weighted by atomic mass is 9.98. The van der Waals surface area contributed by atoms with E-state index < -0.39 is 15.5 Å². The molecular weight excluding hydrogens is 496 g/mol. The van der Waals surface area contributed by atoms with Crippen LogP contribution in [-0.4, -0.2) is 43.8 Å². The van der Waals surface area contributed by atoms with Gasteiger partial charge in [-0.05, 0) is 42.9 Å². The molecule has 1 aliphatic rings. The van der Waals surface area contributed by atoms with Gasteiger partial charge in [0.25, 0.3) is 0 Å². The van der Waals surface area contributed by atoms with E-state index in [2.05, 4.69) is 17.2 Å². The van der Waals surface area contributed by atoms with Crippen LogP contribution in [0.3, 0.4) is 0 Å². The van der Waals surface area contributed by atoms with Gasteiger partial charge >= 0.3 is 15.5 Å². The van der Waals surface area contributed by atoms with Gasteiger partial charge in [-0.2, -0.15) is 17.5 Å². The Kier molecular flexibility index (Phi) is 8.80. The minimum absolute atomic E-state index is 0. The van der Waals surface area contributed by atoms with Gasteiger partial charge < -0.3 is 11.1 Å². The summed E-state index contributed by atoms with van der Waals surface area (Å²) < 4.78 is 60.9. The highest BCUT2D eigenvalue weighted by Crippen LogP contribution is 2.30. The van der Waals surface area contributed by atoms with E-state index in [9.17, 15) is 21.6 Å². The third-order valence-electron chi connectivity index (χ3n) is 4.36. The molecule has 0 saturated carbocycles. The van der Waals surface area contributed by atoms with Crippen LogP contribution in [0.1, 0.15) is 25.3 Å². The van der Waals surface area contributed by atoms with Crippen molar-refractivity contribution in [1.82, 2.24) is 4.31 Å². The number of piperidine rings is 1. The Labute approximate surface area is 174 Å². The lowest BCUT2D eigenvalue weighted by Gasteiger charge is -2.30. The quantitative estimate of drug-likeness (QED) is 0.355. The van der Waals surface area contributed by atoms with Crippen LogP contribution >= 0.6 is 24.0 Å². The molecule has 1 fully saturated rings. The third kappa shape index (κ3) is 6.49. The van der Waals surface area contributed by atoms with Gasteiger partial charge in [0.1, 0.15) is 0 Å². The minimum atomic E-state index is -5.25. The van der Waals surface area contributed by atoms with Crippen molar-refractivity contribution in [3.05, 3.63) is 29.8 Å². The van der Waals surface area contributed by atoms with Crippen molar-refractivity contribution >= 4 is 45.6 Å². The molecule has 1 heterocycles. The zero-order valence-electron chi connectivity index (χ0n) is 14.9. The Morgan fingerprint density at radius 2 is 1.81 bits per heavy atom. The smallest absolute Gasteiger partial charge is 0.370 e. The molecule has 6 nitrogen and oxygen atoms in total. The largest absolute Gasteiger partial charge is 0.511 e. The predicted molar refractivity (Wildman–Crippen MR) is 111 cm³/mol. The Morgan fingerprint density at radius 3 is 2.30 bits per heavy atom. The van der Waals surface area contributed by atoms with Crippen molar-refractivity contribution in [2.45, 2.75) is 31.7 Å². The van der Waals surface area contributed by atoms with Gasteiger partial charge in [-0.3, -0.25) is 4.99 Å². The topological polar surface area (TPSA) is 87.8 Å². The maximum Gasteiger partial charge on any atom is 0.511 e. The van der Waals surface area contributed by atoms with E-state index in [-0.39, 0.29) is 48.9 Å². The van der Waals surface area contributed by atoms with E-state index in [0.717, 1.165) is 12.1 Å². The number of hydrogen-bond donors (Lipinski definition) is 2. The molecule has 0 unspecified atom stereocenters. The average molecular weight is 520 g/mol. The molecule has 1 aromatic carbocycles. The number of guanidine groups is 1. The number of aliphatic imine (C=N–C) groups is 1. The molecule has 1 saturated heterocycles. The molecule has 0 spiro atoms. The maximum absolute atomic E-state index is 12.5. The van der Waals surface area contributed by atoms with E-state index in [4.69, 9.17) is 5.73 Å². The molecular formula is C16H24F3IN4O2S. The first-order valence-corrected chi connectivity index (χ1v) is 9.79. The van der Waals surface area contributed by atoms with Gasteiger partial charge in [0.15, 0.2) is 5.96 Å². The Morgan fingerprint density at radius 1 is 1.26 bits per heavy atom. The standard InChI is InChI=1S/C16H23F3N4O2S.HI/c1-2-12-3-5-14(6-4-12)22-15(20)21-11-13-7-9-23(10-8-13)26(24,25)16(17,18)19;/h3-6,13H,2,7-11H2,1H3,(H3,20,21,22);1H. The molecule has 1 aromatic rings. The van der Waals surface area contributed by atoms with Crippen LogP contribution in [0.5, 0.6) is 0 Å². The van der Waals surface area contributed by atoms with E-state index in [0.29, 0.717) is 23.7 Å². The SMILES string of the molecule is CCc1ccc(NC(N)=NCC2CCN(S(=O)(=O)C(F)(F)F)CC2)cc1.I. The Balaban J connectivity index is 0.00000364. The van der Waals surface area contributed by atoms with Crippen molar-refractivity contribution < 1.29 is 21.6 Å². The minimum Gasteiger partial charge on any atom is -0.370 e. The molecule has 2 rings (SSSR count). The monoisotopic (exact) mass is 520 g/mol. The summed E-state index contributed by atoms with van der Waals surface area (Å²) >= 11 is 0. The van der Waals surface area contributed by atoms with Crippen LogP contribution in [0.15, 0.2) is 29.3 Å². The summed E-state index contributed by atoms with van der Waals surface area (Å²) in [5, 5.41) is 2.96. The fourth-order valence-corrected chi connectivity index (χ4v) is 3.70. The molecule has 0 radical (unpaired) electrons. The Hall–Kier alpha value is -1.08. The summed E-state index contributed by atoms with van der Waals surface area (Å²) in [5.41, 5.74) is 2.58. The average Bonchev–Trinajstić information content (AvgIpc) is 2.60. The predicted octanol–water partition coefficient (Wildman–Crippen LogP) is 3.16. The fourth-order valence-electron chi connectivity index (χ4n) is 2.72. The number of halogens is 4. The first-order chi connectivity index (χ1) is 12.1. The van der Waals surface area contributed by atoms with Gasteiger partial charge in [-0.1, -0.05) is 19.1 Å². The van der Waals surface area contributed by atoms with Gasteiger partial charge in [0, 0.05) is 25.3 Å². The van der Waals surface area contributed by atoms with Crippen LogP contribution in [-0.2, 0) is 16.4 Å². The fraction of sp³-hybridized carbons (Fsp3) is 0.562. The number of sulfonamides is 1. The first-order valence-electron chi connectivity index (χ1n) is 8.35. The summed E-state index contributed by atoms with van der Waals surface area (Å²) in [5.74, 6) is 0.220. The van der Waals surface area contributed by atoms with Crippen molar-refractivity contribution in [2.75, 3.05) is 25.0 Å². The van der Waals surface area contributed by atoms with Gasteiger partial charge in [0.2, 0.25) is 0 Å². The molecule has 0 aromatic heterocycles. The van der Waals surface area contributed by atoms with Gasteiger partial charge in [0.05, 0.1) is 0 Å². The van der Waals surface area contributed by atoms with E-state index in [1.807, 2.05) is 24.3 Å². The highest BCUT2D eigenvalue weighted by atomic mass is 127. The molecule has 0 aliphatic carbocycles. The van der Waals surface area contributed by atoms with Crippen molar-refractivity contribution in [3.8, 4) is 0 Å². The highest BCUT2D eigenvalue weighted by molar-refractivity contribution is 14.0. The molecule has 3 N–H and O–H groups in total. The third-order valence-corrected chi connectivity index (χ3v) is 5.99. The van der Waals surface area contributed by atoms with Crippen LogP contribution in [0.2, 0.25) is 0 Å². The molecule has 0 atom stereocenters. The number of hydrogen-bond acceptors (Lipinski definition) is 3. The van der Waals surface area contributed by atoms with E-state index in [1.165, 1.54) is 5.56 Å². The molecule has 154 valence electrons. The van der Waals surface area contributed by atoms with Crippen molar-refractivity contribution in [1.29, 1.82) is 0 Å². The highest BCUT2D eigenvalue weighted by Gasteiger charge is 2.50.